The Labute approximate surface area is 205 Å². The zero-order valence-electron chi connectivity index (χ0n) is 19.5. The molecule has 5 rings (SSSR count). The number of nitrogens with zero attached hydrogens (tertiary/aromatic N) is 4. The van der Waals surface area contributed by atoms with Crippen molar-refractivity contribution in [2.24, 2.45) is 0 Å². The summed E-state index contributed by atoms with van der Waals surface area (Å²) in [5, 5.41) is 3.12. The number of alkyl halides is 3. The van der Waals surface area contributed by atoms with Crippen LogP contribution in [0.25, 0.3) is 11.1 Å². The second-order valence-electron chi connectivity index (χ2n) is 8.12. The van der Waals surface area contributed by atoms with E-state index < -0.39 is 11.7 Å². The molecule has 1 aliphatic heterocycles. The molecule has 7 nitrogen and oxygen atoms in total. The third kappa shape index (κ3) is 4.61. The van der Waals surface area contributed by atoms with E-state index in [1.807, 2.05) is 31.2 Å². The van der Waals surface area contributed by atoms with Gasteiger partial charge in [-0.2, -0.15) is 18.2 Å². The molecule has 4 aromatic rings. The highest BCUT2D eigenvalue weighted by Gasteiger charge is 2.36. The van der Waals surface area contributed by atoms with Crippen LogP contribution in [0.2, 0.25) is 0 Å². The molecular weight excluding hydrogens is 471 g/mol. The number of para-hydroxylation sites is 1. The van der Waals surface area contributed by atoms with Crippen LogP contribution in [0.15, 0.2) is 67.0 Å². The summed E-state index contributed by atoms with van der Waals surface area (Å²) in [4.78, 5) is 14.5. The average molecular weight is 493 g/mol. The number of benzene rings is 2. The van der Waals surface area contributed by atoms with Gasteiger partial charge in [-0.3, -0.25) is 4.98 Å². The van der Waals surface area contributed by atoms with Gasteiger partial charge in [-0.25, -0.2) is 4.98 Å². The molecule has 0 atom stereocenters. The molecule has 0 bridgehead atoms. The zero-order chi connectivity index (χ0) is 25.3. The number of hydrogen-bond donors (Lipinski definition) is 1. The average Bonchev–Trinajstić information content (AvgIpc) is 2.88. The first-order valence-corrected chi connectivity index (χ1v) is 11.1. The summed E-state index contributed by atoms with van der Waals surface area (Å²) in [5.74, 6) is 1.41. The van der Waals surface area contributed by atoms with E-state index in [1.165, 1.54) is 23.2 Å². The van der Waals surface area contributed by atoms with Crippen LogP contribution in [-0.2, 0) is 6.18 Å². The minimum atomic E-state index is -4.51. The first-order chi connectivity index (χ1) is 17.3. The fourth-order valence-corrected chi connectivity index (χ4v) is 4.10. The van der Waals surface area contributed by atoms with Gasteiger partial charge in [0.15, 0.2) is 11.6 Å². The van der Waals surface area contributed by atoms with Crippen molar-refractivity contribution in [2.45, 2.75) is 13.1 Å². The van der Waals surface area contributed by atoms with E-state index in [4.69, 9.17) is 9.47 Å². The molecule has 2 aromatic heterocycles. The summed E-state index contributed by atoms with van der Waals surface area (Å²) in [6.45, 7) is 2.34. The first kappa shape index (κ1) is 23.4. The van der Waals surface area contributed by atoms with Crippen LogP contribution in [0.1, 0.15) is 11.3 Å². The standard InChI is InChI=1S/C26H22F3N5O2/c1-16-13-17(9-10-30-16)19-8-7-18(14-22(19)35-2)32-25-31-15-23-24(33-25)34(11-12-36-23)21-6-4-3-5-20(21)26(27,28)29/h3-10,13-15H,11-12H2,1-2H3,(H,31,32,33). The first-order valence-electron chi connectivity index (χ1n) is 11.1. The fourth-order valence-electron chi connectivity index (χ4n) is 4.10. The summed E-state index contributed by atoms with van der Waals surface area (Å²) in [6.07, 6.45) is -1.31. The van der Waals surface area contributed by atoms with Crippen LogP contribution in [0, 0.1) is 6.92 Å². The van der Waals surface area contributed by atoms with Crippen LogP contribution in [0.5, 0.6) is 11.5 Å². The molecule has 0 aliphatic carbocycles. The lowest BCUT2D eigenvalue weighted by Gasteiger charge is -2.31. The van der Waals surface area contributed by atoms with E-state index in [2.05, 4.69) is 20.3 Å². The molecule has 0 unspecified atom stereocenters. The SMILES string of the molecule is COc1cc(Nc2ncc3c(n2)N(c2ccccc2C(F)(F)F)CCO3)ccc1-c1ccnc(C)c1. The van der Waals surface area contributed by atoms with Crippen LogP contribution in [0.4, 0.5) is 36.3 Å². The third-order valence-corrected chi connectivity index (χ3v) is 5.73. The lowest BCUT2D eigenvalue weighted by Crippen LogP contribution is -2.31. The van der Waals surface area contributed by atoms with Crippen molar-refractivity contribution in [3.05, 3.63) is 78.2 Å². The lowest BCUT2D eigenvalue weighted by atomic mass is 10.0. The van der Waals surface area contributed by atoms with E-state index in [1.54, 1.807) is 25.4 Å². The Hall–Kier alpha value is -4.34. The number of methoxy groups -OCH3 is 1. The van der Waals surface area contributed by atoms with Gasteiger partial charge in [0, 0.05) is 29.2 Å². The van der Waals surface area contributed by atoms with Gasteiger partial charge in [0.05, 0.1) is 31.1 Å². The maximum atomic E-state index is 13.7. The number of pyridine rings is 1. The molecule has 184 valence electrons. The zero-order valence-corrected chi connectivity index (χ0v) is 19.5. The molecule has 0 spiro atoms. The Kier molecular flexibility index (Phi) is 6.09. The van der Waals surface area contributed by atoms with Gasteiger partial charge in [-0.15, -0.1) is 0 Å². The number of aryl methyl sites for hydroxylation is 1. The van der Waals surface area contributed by atoms with Crippen molar-refractivity contribution >= 4 is 23.1 Å². The van der Waals surface area contributed by atoms with Crippen molar-refractivity contribution < 1.29 is 22.6 Å². The maximum Gasteiger partial charge on any atom is 0.418 e. The smallest absolute Gasteiger partial charge is 0.418 e. The molecule has 1 aliphatic rings. The van der Waals surface area contributed by atoms with Crippen LogP contribution >= 0.6 is 0 Å². The largest absolute Gasteiger partial charge is 0.496 e. The maximum absolute atomic E-state index is 13.7. The van der Waals surface area contributed by atoms with E-state index in [9.17, 15) is 13.2 Å². The molecule has 0 amide bonds. The van der Waals surface area contributed by atoms with Crippen molar-refractivity contribution in [2.75, 3.05) is 30.5 Å². The summed E-state index contributed by atoms with van der Waals surface area (Å²) < 4.78 is 52.2. The molecule has 0 saturated carbocycles. The Morgan fingerprint density at radius 1 is 1.06 bits per heavy atom. The second-order valence-corrected chi connectivity index (χ2v) is 8.12. The van der Waals surface area contributed by atoms with Crippen LogP contribution < -0.4 is 19.7 Å². The van der Waals surface area contributed by atoms with Crippen LogP contribution in [-0.4, -0.2) is 35.2 Å². The topological polar surface area (TPSA) is 72.4 Å². The molecule has 36 heavy (non-hydrogen) atoms. The number of anilines is 4. The number of fused-ring (bicyclic) bond motifs is 1. The second kappa shape index (κ2) is 9.37. The highest BCUT2D eigenvalue weighted by Crippen LogP contribution is 2.42. The third-order valence-electron chi connectivity index (χ3n) is 5.73. The molecule has 1 N–H and O–H groups in total. The fraction of sp³-hybridized carbons (Fsp3) is 0.192. The minimum absolute atomic E-state index is 0.0119. The highest BCUT2D eigenvalue weighted by molar-refractivity contribution is 5.75. The number of hydrogen-bond acceptors (Lipinski definition) is 7. The van der Waals surface area contributed by atoms with E-state index in [0.717, 1.165) is 22.9 Å². The van der Waals surface area contributed by atoms with E-state index in [-0.39, 0.29) is 30.6 Å². The quantitative estimate of drug-likeness (QED) is 0.358. The van der Waals surface area contributed by atoms with Gasteiger partial charge in [0.2, 0.25) is 5.95 Å². The molecule has 2 aromatic carbocycles. The number of rotatable bonds is 5. The number of halogens is 3. The molecule has 0 saturated heterocycles. The predicted molar refractivity (Wildman–Crippen MR) is 130 cm³/mol. The Morgan fingerprint density at radius 2 is 1.89 bits per heavy atom. The van der Waals surface area contributed by atoms with Crippen LogP contribution in [0.3, 0.4) is 0 Å². The van der Waals surface area contributed by atoms with Gasteiger partial charge >= 0.3 is 6.18 Å². The number of ether oxygens (including phenoxy) is 2. The molecule has 10 heteroatoms. The van der Waals surface area contributed by atoms with E-state index >= 15 is 0 Å². The Bertz CT molecular complexity index is 1410. The monoisotopic (exact) mass is 493 g/mol. The van der Waals surface area contributed by atoms with Crippen molar-refractivity contribution in [3.8, 4) is 22.6 Å². The normalized spacial score (nSPS) is 13.1. The van der Waals surface area contributed by atoms with Gasteiger partial charge < -0.3 is 19.7 Å². The molecular formula is C26H22F3N5O2. The number of aromatic nitrogens is 3. The van der Waals surface area contributed by atoms with Gasteiger partial charge in [0.25, 0.3) is 0 Å². The molecule has 0 radical (unpaired) electrons. The van der Waals surface area contributed by atoms with Gasteiger partial charge in [-0.05, 0) is 48.9 Å². The van der Waals surface area contributed by atoms with Gasteiger partial charge in [-0.1, -0.05) is 12.1 Å². The summed E-state index contributed by atoms with van der Waals surface area (Å²) >= 11 is 0. The Balaban J connectivity index is 1.47. The number of nitrogens with one attached hydrogen (secondary N) is 1. The van der Waals surface area contributed by atoms with Crippen molar-refractivity contribution in [3.63, 3.8) is 0 Å². The summed E-state index contributed by atoms with van der Waals surface area (Å²) in [6, 6.07) is 14.8. The molecule has 0 fully saturated rings. The van der Waals surface area contributed by atoms with E-state index in [0.29, 0.717) is 17.2 Å². The Morgan fingerprint density at radius 3 is 2.67 bits per heavy atom. The van der Waals surface area contributed by atoms with Crippen molar-refractivity contribution in [1.29, 1.82) is 0 Å². The lowest BCUT2D eigenvalue weighted by molar-refractivity contribution is -0.137. The van der Waals surface area contributed by atoms with Crippen molar-refractivity contribution in [1.82, 2.24) is 15.0 Å². The predicted octanol–water partition coefficient (Wildman–Crippen LogP) is 6.15. The minimum Gasteiger partial charge on any atom is -0.496 e. The molecule has 3 heterocycles. The highest BCUT2D eigenvalue weighted by atomic mass is 19.4. The summed E-state index contributed by atoms with van der Waals surface area (Å²) in [7, 11) is 1.58. The van der Waals surface area contributed by atoms with Gasteiger partial charge in [0.1, 0.15) is 12.4 Å². The summed E-state index contributed by atoms with van der Waals surface area (Å²) in [5.41, 5.74) is 2.67.